The van der Waals surface area contributed by atoms with Crippen LogP contribution in [0.1, 0.15) is 42.4 Å². The van der Waals surface area contributed by atoms with Crippen LogP contribution >= 0.6 is 0 Å². The molecule has 0 amide bonds. The summed E-state index contributed by atoms with van der Waals surface area (Å²) < 4.78 is 0. The highest BCUT2D eigenvalue weighted by atomic mass is 16.3. The van der Waals surface area contributed by atoms with Crippen molar-refractivity contribution < 1.29 is 5.11 Å². The van der Waals surface area contributed by atoms with Crippen molar-refractivity contribution in [3.05, 3.63) is 28.8 Å². The third-order valence-electron chi connectivity index (χ3n) is 4.08. The van der Waals surface area contributed by atoms with Crippen LogP contribution in [0.2, 0.25) is 0 Å². The lowest BCUT2D eigenvalue weighted by Gasteiger charge is -2.28. The standard InChI is InChI=1S/C15H24N2O/c1-11-12(10-17(2)3)14(18)7-6-13(11)15(16)8-4-5-9-15/h6-7,18H,4-5,8-10,16H2,1-3H3. The average Bonchev–Trinajstić information content (AvgIpc) is 2.71. The number of phenols is 1. The Labute approximate surface area is 110 Å². The van der Waals surface area contributed by atoms with E-state index < -0.39 is 0 Å². The minimum Gasteiger partial charge on any atom is -0.508 e. The Hall–Kier alpha value is -1.06. The summed E-state index contributed by atoms with van der Waals surface area (Å²) >= 11 is 0. The highest BCUT2D eigenvalue weighted by molar-refractivity contribution is 5.46. The Morgan fingerprint density at radius 1 is 1.28 bits per heavy atom. The summed E-state index contributed by atoms with van der Waals surface area (Å²) in [5, 5.41) is 10.0. The maximum atomic E-state index is 10.0. The van der Waals surface area contributed by atoms with Crippen LogP contribution in [0, 0.1) is 6.92 Å². The van der Waals surface area contributed by atoms with E-state index in [9.17, 15) is 5.11 Å². The van der Waals surface area contributed by atoms with Crippen LogP contribution < -0.4 is 5.73 Å². The molecule has 0 aromatic heterocycles. The van der Waals surface area contributed by atoms with Gasteiger partial charge in [-0.25, -0.2) is 0 Å². The van der Waals surface area contributed by atoms with Gasteiger partial charge in [0, 0.05) is 17.6 Å². The van der Waals surface area contributed by atoms with Gasteiger partial charge in [-0.1, -0.05) is 18.9 Å². The van der Waals surface area contributed by atoms with E-state index in [2.05, 4.69) is 11.8 Å². The monoisotopic (exact) mass is 248 g/mol. The van der Waals surface area contributed by atoms with E-state index >= 15 is 0 Å². The van der Waals surface area contributed by atoms with E-state index in [1.54, 1.807) is 6.07 Å². The summed E-state index contributed by atoms with van der Waals surface area (Å²) in [6.45, 7) is 2.84. The van der Waals surface area contributed by atoms with Crippen LogP contribution in [0.25, 0.3) is 0 Å². The number of hydrogen-bond donors (Lipinski definition) is 2. The maximum absolute atomic E-state index is 10.0. The summed E-state index contributed by atoms with van der Waals surface area (Å²) in [5.41, 5.74) is 9.74. The molecule has 0 spiro atoms. The Balaban J connectivity index is 2.43. The lowest BCUT2D eigenvalue weighted by molar-refractivity contribution is 0.382. The zero-order chi connectivity index (χ0) is 13.3. The molecule has 1 aromatic carbocycles. The van der Waals surface area contributed by atoms with Gasteiger partial charge in [-0.15, -0.1) is 0 Å². The Kier molecular flexibility index (Phi) is 3.64. The number of hydrogen-bond acceptors (Lipinski definition) is 3. The quantitative estimate of drug-likeness (QED) is 0.864. The van der Waals surface area contributed by atoms with Gasteiger partial charge in [0.25, 0.3) is 0 Å². The second-order valence-corrected chi connectivity index (χ2v) is 5.84. The van der Waals surface area contributed by atoms with Crippen molar-refractivity contribution in [3.63, 3.8) is 0 Å². The van der Waals surface area contributed by atoms with Gasteiger partial charge in [0.2, 0.25) is 0 Å². The molecule has 18 heavy (non-hydrogen) atoms. The number of nitrogens with zero attached hydrogens (tertiary/aromatic N) is 1. The van der Waals surface area contributed by atoms with Gasteiger partial charge in [-0.05, 0) is 51.1 Å². The van der Waals surface area contributed by atoms with Gasteiger partial charge in [0.15, 0.2) is 0 Å². The minimum atomic E-state index is -0.182. The number of aromatic hydroxyl groups is 1. The van der Waals surface area contributed by atoms with Crippen molar-refractivity contribution in [1.29, 1.82) is 0 Å². The summed E-state index contributed by atoms with van der Waals surface area (Å²) in [4.78, 5) is 2.07. The second kappa shape index (κ2) is 4.90. The molecule has 0 bridgehead atoms. The van der Waals surface area contributed by atoms with E-state index in [0.29, 0.717) is 5.75 Å². The van der Waals surface area contributed by atoms with E-state index in [-0.39, 0.29) is 5.54 Å². The number of benzene rings is 1. The van der Waals surface area contributed by atoms with Gasteiger partial charge >= 0.3 is 0 Å². The lowest BCUT2D eigenvalue weighted by Crippen LogP contribution is -2.34. The maximum Gasteiger partial charge on any atom is 0.120 e. The minimum absolute atomic E-state index is 0.182. The molecule has 0 saturated heterocycles. The molecule has 3 N–H and O–H groups in total. The topological polar surface area (TPSA) is 49.5 Å². The largest absolute Gasteiger partial charge is 0.508 e. The van der Waals surface area contributed by atoms with Crippen LogP contribution in [-0.2, 0) is 12.1 Å². The molecule has 3 heteroatoms. The predicted molar refractivity (Wildman–Crippen MR) is 74.6 cm³/mol. The molecule has 1 aliphatic rings. The van der Waals surface area contributed by atoms with E-state index in [1.165, 1.54) is 18.4 Å². The molecule has 0 radical (unpaired) electrons. The molecular formula is C15H24N2O. The number of nitrogens with two attached hydrogens (primary N) is 1. The van der Waals surface area contributed by atoms with Crippen LogP contribution in [0.15, 0.2) is 12.1 Å². The third-order valence-corrected chi connectivity index (χ3v) is 4.08. The molecule has 0 unspecified atom stereocenters. The summed E-state index contributed by atoms with van der Waals surface area (Å²) in [6.07, 6.45) is 4.53. The van der Waals surface area contributed by atoms with E-state index in [1.807, 2.05) is 20.2 Å². The molecule has 1 aliphatic carbocycles. The smallest absolute Gasteiger partial charge is 0.120 e. The molecule has 0 aliphatic heterocycles. The molecule has 2 rings (SSSR count). The van der Waals surface area contributed by atoms with Gasteiger partial charge in [0.05, 0.1) is 0 Å². The zero-order valence-corrected chi connectivity index (χ0v) is 11.7. The lowest BCUT2D eigenvalue weighted by atomic mass is 9.84. The van der Waals surface area contributed by atoms with Crippen molar-refractivity contribution in [2.45, 2.75) is 44.7 Å². The molecule has 3 nitrogen and oxygen atoms in total. The molecule has 100 valence electrons. The third kappa shape index (κ3) is 2.38. The molecule has 0 atom stereocenters. The Morgan fingerprint density at radius 2 is 1.89 bits per heavy atom. The molecule has 1 fully saturated rings. The highest BCUT2D eigenvalue weighted by Crippen LogP contribution is 2.40. The molecule has 1 aromatic rings. The van der Waals surface area contributed by atoms with Crippen molar-refractivity contribution in [1.82, 2.24) is 4.90 Å². The zero-order valence-electron chi connectivity index (χ0n) is 11.7. The first-order valence-electron chi connectivity index (χ1n) is 6.69. The summed E-state index contributed by atoms with van der Waals surface area (Å²) in [5.74, 6) is 0.381. The SMILES string of the molecule is Cc1c(C2(N)CCCC2)ccc(O)c1CN(C)C. The number of rotatable bonds is 3. The summed E-state index contributed by atoms with van der Waals surface area (Å²) in [6, 6.07) is 3.81. The normalized spacial score (nSPS) is 18.5. The Bertz CT molecular complexity index is 434. The Morgan fingerprint density at radius 3 is 2.44 bits per heavy atom. The van der Waals surface area contributed by atoms with E-state index in [4.69, 9.17) is 5.73 Å². The van der Waals surface area contributed by atoms with Crippen LogP contribution in [0.4, 0.5) is 0 Å². The van der Waals surface area contributed by atoms with Crippen LogP contribution in [0.5, 0.6) is 5.75 Å². The molecule has 0 heterocycles. The first-order chi connectivity index (χ1) is 8.44. The van der Waals surface area contributed by atoms with Crippen molar-refractivity contribution in [3.8, 4) is 5.75 Å². The van der Waals surface area contributed by atoms with Gasteiger partial charge in [0.1, 0.15) is 5.75 Å². The first-order valence-corrected chi connectivity index (χ1v) is 6.69. The second-order valence-electron chi connectivity index (χ2n) is 5.84. The van der Waals surface area contributed by atoms with Gasteiger partial charge < -0.3 is 15.7 Å². The predicted octanol–water partition coefficient (Wildman–Crippen LogP) is 2.49. The average molecular weight is 248 g/mol. The van der Waals surface area contributed by atoms with Crippen molar-refractivity contribution in [2.24, 2.45) is 5.73 Å². The number of phenolic OH excluding ortho intramolecular Hbond substituents is 1. The van der Waals surface area contributed by atoms with Crippen molar-refractivity contribution >= 4 is 0 Å². The van der Waals surface area contributed by atoms with Crippen LogP contribution in [0.3, 0.4) is 0 Å². The van der Waals surface area contributed by atoms with Gasteiger partial charge in [-0.3, -0.25) is 0 Å². The molecular weight excluding hydrogens is 224 g/mol. The highest BCUT2D eigenvalue weighted by Gasteiger charge is 2.33. The fraction of sp³-hybridized carbons (Fsp3) is 0.600. The van der Waals surface area contributed by atoms with Crippen LogP contribution in [-0.4, -0.2) is 24.1 Å². The fourth-order valence-corrected chi connectivity index (χ4v) is 3.07. The van der Waals surface area contributed by atoms with Crippen molar-refractivity contribution in [2.75, 3.05) is 14.1 Å². The summed E-state index contributed by atoms with van der Waals surface area (Å²) in [7, 11) is 4.03. The first kappa shape index (κ1) is 13.4. The van der Waals surface area contributed by atoms with E-state index in [0.717, 1.165) is 30.5 Å². The fourth-order valence-electron chi connectivity index (χ4n) is 3.07. The molecule has 1 saturated carbocycles. The van der Waals surface area contributed by atoms with Gasteiger partial charge in [-0.2, -0.15) is 0 Å².